The predicted molar refractivity (Wildman–Crippen MR) is 84.0 cm³/mol. The summed E-state index contributed by atoms with van der Waals surface area (Å²) in [4.78, 5) is 2.68. The molecule has 2 aliphatic rings. The average Bonchev–Trinajstić information content (AvgIpc) is 3.28. The van der Waals surface area contributed by atoms with Crippen LogP contribution in [0.5, 0.6) is 11.5 Å². The number of hydrogen-bond donors (Lipinski definition) is 1. The second-order valence-electron chi connectivity index (χ2n) is 6.10. The third kappa shape index (κ3) is 2.74. The number of likely N-dealkylation sites (tertiary alicyclic amines) is 1. The van der Waals surface area contributed by atoms with Gasteiger partial charge in [-0.05, 0) is 51.4 Å². The molecule has 1 aromatic carbocycles. The molecule has 1 aliphatic carbocycles. The standard InChI is InChI=1S/C17H26N2O2/c1-18-11-12-9-10-19(13-7-8-13)16(12)14-5-4-6-15(20-2)17(14)21-3/h4-6,12-13,16,18H,7-11H2,1-3H3. The summed E-state index contributed by atoms with van der Waals surface area (Å²) >= 11 is 0. The van der Waals surface area contributed by atoms with Gasteiger partial charge < -0.3 is 14.8 Å². The fourth-order valence-electron chi connectivity index (χ4n) is 3.75. The van der Waals surface area contributed by atoms with E-state index in [9.17, 15) is 0 Å². The van der Waals surface area contributed by atoms with Crippen molar-refractivity contribution in [2.24, 2.45) is 5.92 Å². The monoisotopic (exact) mass is 290 g/mol. The van der Waals surface area contributed by atoms with Gasteiger partial charge in [0.2, 0.25) is 0 Å². The molecular weight excluding hydrogens is 264 g/mol. The lowest BCUT2D eigenvalue weighted by Gasteiger charge is -2.30. The van der Waals surface area contributed by atoms with Crippen LogP contribution in [0.1, 0.15) is 30.9 Å². The van der Waals surface area contributed by atoms with Gasteiger partial charge in [0, 0.05) is 17.6 Å². The molecular formula is C17H26N2O2. The van der Waals surface area contributed by atoms with Crippen molar-refractivity contribution >= 4 is 0 Å². The minimum Gasteiger partial charge on any atom is -0.493 e. The summed E-state index contributed by atoms with van der Waals surface area (Å²) < 4.78 is 11.2. The van der Waals surface area contributed by atoms with Gasteiger partial charge in [0.1, 0.15) is 0 Å². The van der Waals surface area contributed by atoms with E-state index in [-0.39, 0.29) is 0 Å². The van der Waals surface area contributed by atoms with E-state index in [4.69, 9.17) is 9.47 Å². The van der Waals surface area contributed by atoms with Crippen LogP contribution in [-0.4, -0.2) is 45.3 Å². The molecule has 21 heavy (non-hydrogen) atoms. The zero-order valence-electron chi connectivity index (χ0n) is 13.3. The van der Waals surface area contributed by atoms with Gasteiger partial charge in [-0.15, -0.1) is 0 Å². The molecule has 1 heterocycles. The van der Waals surface area contributed by atoms with Crippen LogP contribution >= 0.6 is 0 Å². The molecule has 0 aromatic heterocycles. The first-order chi connectivity index (χ1) is 10.3. The Kier molecular flexibility index (Phi) is 4.36. The molecule has 0 amide bonds. The second-order valence-corrected chi connectivity index (χ2v) is 6.10. The first kappa shape index (κ1) is 14.7. The molecule has 2 fully saturated rings. The fraction of sp³-hybridized carbons (Fsp3) is 0.647. The molecule has 0 bridgehead atoms. The number of para-hydroxylation sites is 1. The highest BCUT2D eigenvalue weighted by Gasteiger charge is 2.43. The van der Waals surface area contributed by atoms with Crippen LogP contribution in [0.2, 0.25) is 0 Å². The summed E-state index contributed by atoms with van der Waals surface area (Å²) in [7, 11) is 5.49. The second kappa shape index (κ2) is 6.24. The van der Waals surface area contributed by atoms with E-state index in [1.807, 2.05) is 13.1 Å². The van der Waals surface area contributed by atoms with E-state index in [0.29, 0.717) is 12.0 Å². The van der Waals surface area contributed by atoms with Crippen molar-refractivity contribution in [3.05, 3.63) is 23.8 Å². The highest BCUT2D eigenvalue weighted by Crippen LogP contribution is 2.48. The molecule has 116 valence electrons. The maximum atomic E-state index is 5.68. The lowest BCUT2D eigenvalue weighted by Crippen LogP contribution is -2.31. The van der Waals surface area contributed by atoms with Crippen LogP contribution in [0.15, 0.2) is 18.2 Å². The number of benzene rings is 1. The van der Waals surface area contributed by atoms with Gasteiger partial charge in [0.15, 0.2) is 11.5 Å². The molecule has 3 rings (SSSR count). The zero-order chi connectivity index (χ0) is 14.8. The number of methoxy groups -OCH3 is 2. The summed E-state index contributed by atoms with van der Waals surface area (Å²) in [5, 5.41) is 3.36. The van der Waals surface area contributed by atoms with Gasteiger partial charge in [0.05, 0.1) is 14.2 Å². The number of nitrogens with one attached hydrogen (secondary N) is 1. The third-order valence-electron chi connectivity index (χ3n) is 4.80. The molecule has 1 N–H and O–H groups in total. The van der Waals surface area contributed by atoms with E-state index >= 15 is 0 Å². The highest BCUT2D eigenvalue weighted by atomic mass is 16.5. The van der Waals surface area contributed by atoms with Crippen LogP contribution in [0.25, 0.3) is 0 Å². The lowest BCUT2D eigenvalue weighted by molar-refractivity contribution is 0.211. The van der Waals surface area contributed by atoms with Gasteiger partial charge in [-0.3, -0.25) is 4.90 Å². The Labute approximate surface area is 127 Å². The first-order valence-electron chi connectivity index (χ1n) is 7.91. The van der Waals surface area contributed by atoms with Gasteiger partial charge in [-0.2, -0.15) is 0 Å². The van der Waals surface area contributed by atoms with Crippen LogP contribution in [-0.2, 0) is 0 Å². The molecule has 4 nitrogen and oxygen atoms in total. The molecule has 2 unspecified atom stereocenters. The van der Waals surface area contributed by atoms with E-state index in [0.717, 1.165) is 24.1 Å². The predicted octanol–water partition coefficient (Wildman–Crippen LogP) is 2.45. The van der Waals surface area contributed by atoms with Crippen LogP contribution in [0.4, 0.5) is 0 Å². The van der Waals surface area contributed by atoms with Crippen LogP contribution in [0.3, 0.4) is 0 Å². The van der Waals surface area contributed by atoms with E-state index in [1.165, 1.54) is 31.4 Å². The molecule has 1 aliphatic heterocycles. The summed E-state index contributed by atoms with van der Waals surface area (Å²) in [5.41, 5.74) is 1.28. The van der Waals surface area contributed by atoms with E-state index in [2.05, 4.69) is 22.3 Å². The molecule has 0 spiro atoms. The Hall–Kier alpha value is -1.26. The number of hydrogen-bond acceptors (Lipinski definition) is 4. The Morgan fingerprint density at radius 3 is 2.62 bits per heavy atom. The zero-order valence-corrected chi connectivity index (χ0v) is 13.3. The molecule has 2 atom stereocenters. The molecule has 4 heteroatoms. The van der Waals surface area contributed by atoms with Gasteiger partial charge in [0.25, 0.3) is 0 Å². The van der Waals surface area contributed by atoms with Gasteiger partial charge in [-0.1, -0.05) is 12.1 Å². The number of ether oxygens (including phenoxy) is 2. The van der Waals surface area contributed by atoms with Gasteiger partial charge in [-0.25, -0.2) is 0 Å². The smallest absolute Gasteiger partial charge is 0.165 e. The molecule has 1 aromatic rings. The van der Waals surface area contributed by atoms with Crippen molar-refractivity contribution in [1.82, 2.24) is 10.2 Å². The number of nitrogens with zero attached hydrogens (tertiary/aromatic N) is 1. The lowest BCUT2D eigenvalue weighted by atomic mass is 9.92. The quantitative estimate of drug-likeness (QED) is 0.872. The topological polar surface area (TPSA) is 33.7 Å². The Balaban J connectivity index is 1.97. The van der Waals surface area contributed by atoms with Crippen molar-refractivity contribution in [3.63, 3.8) is 0 Å². The minimum atomic E-state index is 0.440. The number of rotatable bonds is 6. The van der Waals surface area contributed by atoms with E-state index in [1.54, 1.807) is 14.2 Å². The summed E-state index contributed by atoms with van der Waals surface area (Å²) in [6.07, 6.45) is 3.94. The van der Waals surface area contributed by atoms with Crippen LogP contribution < -0.4 is 14.8 Å². The summed E-state index contributed by atoms with van der Waals surface area (Å²) in [6, 6.07) is 7.47. The van der Waals surface area contributed by atoms with Crippen molar-refractivity contribution in [2.45, 2.75) is 31.3 Å². The maximum Gasteiger partial charge on any atom is 0.165 e. The van der Waals surface area contributed by atoms with Crippen molar-refractivity contribution in [1.29, 1.82) is 0 Å². The van der Waals surface area contributed by atoms with Crippen LogP contribution in [0, 0.1) is 5.92 Å². The molecule has 0 radical (unpaired) electrons. The Morgan fingerprint density at radius 2 is 2.00 bits per heavy atom. The minimum absolute atomic E-state index is 0.440. The third-order valence-corrected chi connectivity index (χ3v) is 4.80. The van der Waals surface area contributed by atoms with Crippen molar-refractivity contribution < 1.29 is 9.47 Å². The first-order valence-corrected chi connectivity index (χ1v) is 7.91. The Morgan fingerprint density at radius 1 is 1.19 bits per heavy atom. The summed E-state index contributed by atoms with van der Waals surface area (Å²) in [5.74, 6) is 2.37. The largest absolute Gasteiger partial charge is 0.493 e. The SMILES string of the molecule is CNCC1CCN(C2CC2)C1c1cccc(OC)c1OC. The maximum absolute atomic E-state index is 5.68. The van der Waals surface area contributed by atoms with Crippen molar-refractivity contribution in [2.75, 3.05) is 34.4 Å². The molecule has 1 saturated carbocycles. The Bertz CT molecular complexity index is 488. The fourth-order valence-corrected chi connectivity index (χ4v) is 3.75. The van der Waals surface area contributed by atoms with E-state index < -0.39 is 0 Å². The molecule has 1 saturated heterocycles. The average molecular weight is 290 g/mol. The summed E-state index contributed by atoms with van der Waals surface area (Å²) in [6.45, 7) is 2.25. The van der Waals surface area contributed by atoms with Crippen molar-refractivity contribution in [3.8, 4) is 11.5 Å². The van der Waals surface area contributed by atoms with Gasteiger partial charge >= 0.3 is 0 Å². The highest BCUT2D eigenvalue weighted by molar-refractivity contribution is 5.48. The normalized spacial score (nSPS) is 26.0.